The van der Waals surface area contributed by atoms with Gasteiger partial charge in [0, 0.05) is 24.0 Å². The number of carbonyl (C=O) groups excluding carboxylic acids is 1. The van der Waals surface area contributed by atoms with Gasteiger partial charge in [0.1, 0.15) is 16.3 Å². The Morgan fingerprint density at radius 1 is 1.19 bits per heavy atom. The Morgan fingerprint density at radius 3 is 2.78 bits per heavy atom. The van der Waals surface area contributed by atoms with Crippen molar-refractivity contribution < 1.29 is 9.53 Å². The van der Waals surface area contributed by atoms with E-state index in [1.54, 1.807) is 23.2 Å². The number of pyridine rings is 1. The third-order valence-corrected chi connectivity index (χ3v) is 8.30. The standard InChI is InChI=1S/C28H26ClN5O2S/c1-16(32-21-10-6-5-9-20(21)30)26-25-24-22(13-14-31-27(24)37-26)34(28(35)33-25)17-11-12-23(19(29)15-17)36-18-7-3-2-4-8-18/h2-4,7-8,11-15,20-21,32H,1,5-6,9-10,30H2,(H,33,35). The largest absolute Gasteiger partial charge is 0.456 e. The number of aromatic nitrogens is 1. The molecule has 0 saturated heterocycles. The molecule has 2 unspecified atom stereocenters. The summed E-state index contributed by atoms with van der Waals surface area (Å²) < 4.78 is 5.91. The van der Waals surface area contributed by atoms with Crippen molar-refractivity contribution in [2.45, 2.75) is 37.8 Å². The summed E-state index contributed by atoms with van der Waals surface area (Å²) >= 11 is 8.08. The Labute approximate surface area is 223 Å². The second-order valence-electron chi connectivity index (χ2n) is 9.29. The van der Waals surface area contributed by atoms with Gasteiger partial charge >= 0.3 is 6.03 Å². The highest BCUT2D eigenvalue weighted by Gasteiger charge is 2.32. The summed E-state index contributed by atoms with van der Waals surface area (Å²) in [4.78, 5) is 21.3. The third-order valence-electron chi connectivity index (χ3n) is 6.84. The fraction of sp³-hybridized carbons (Fsp3) is 0.214. The van der Waals surface area contributed by atoms with Crippen molar-refractivity contribution >= 4 is 61.9 Å². The van der Waals surface area contributed by atoms with Crippen LogP contribution in [0, 0.1) is 0 Å². The van der Waals surface area contributed by atoms with E-state index in [1.165, 1.54) is 11.3 Å². The zero-order valence-corrected chi connectivity index (χ0v) is 21.6. The van der Waals surface area contributed by atoms with Gasteiger partial charge in [-0.25, -0.2) is 9.78 Å². The number of benzene rings is 2. The smallest absolute Gasteiger partial charge is 0.331 e. The number of rotatable bonds is 6. The molecule has 7 nitrogen and oxygen atoms in total. The first-order valence-corrected chi connectivity index (χ1v) is 13.5. The summed E-state index contributed by atoms with van der Waals surface area (Å²) in [5.41, 5.74) is 9.19. The summed E-state index contributed by atoms with van der Waals surface area (Å²) in [5, 5.41) is 7.87. The molecule has 6 rings (SSSR count). The molecule has 0 bridgehead atoms. The van der Waals surface area contributed by atoms with Gasteiger partial charge in [0.05, 0.1) is 32.3 Å². The lowest BCUT2D eigenvalue weighted by molar-refractivity contribution is 0.259. The van der Waals surface area contributed by atoms with Crippen LogP contribution < -0.4 is 26.0 Å². The lowest BCUT2D eigenvalue weighted by Crippen LogP contribution is -2.46. The maximum atomic E-state index is 13.5. The number of anilines is 3. The number of thiophene rings is 1. The quantitative estimate of drug-likeness (QED) is 0.243. The molecule has 2 atom stereocenters. The first-order valence-electron chi connectivity index (χ1n) is 12.3. The molecule has 0 spiro atoms. The molecule has 3 heterocycles. The topological polar surface area (TPSA) is 92.5 Å². The van der Waals surface area contributed by atoms with Gasteiger partial charge in [-0.3, -0.25) is 4.90 Å². The number of carbonyl (C=O) groups is 1. The molecular weight excluding hydrogens is 506 g/mol. The molecule has 1 saturated carbocycles. The van der Waals surface area contributed by atoms with E-state index in [-0.39, 0.29) is 18.1 Å². The molecule has 2 aromatic carbocycles. The molecule has 1 aliphatic heterocycles. The van der Waals surface area contributed by atoms with Crippen molar-refractivity contribution in [3.8, 4) is 11.5 Å². The number of amides is 2. The number of para-hydroxylation sites is 1. The predicted molar refractivity (Wildman–Crippen MR) is 151 cm³/mol. The van der Waals surface area contributed by atoms with Crippen LogP contribution in [0.5, 0.6) is 11.5 Å². The number of hydrogen-bond donors (Lipinski definition) is 3. The molecule has 0 radical (unpaired) electrons. The Morgan fingerprint density at radius 2 is 2.00 bits per heavy atom. The summed E-state index contributed by atoms with van der Waals surface area (Å²) in [7, 11) is 0. The van der Waals surface area contributed by atoms with Crippen molar-refractivity contribution in [1.82, 2.24) is 10.3 Å². The zero-order valence-electron chi connectivity index (χ0n) is 20.0. The summed E-state index contributed by atoms with van der Waals surface area (Å²) in [6.07, 6.45) is 6.03. The maximum Gasteiger partial charge on any atom is 0.331 e. The van der Waals surface area contributed by atoms with E-state index in [0.29, 0.717) is 22.2 Å². The third kappa shape index (κ3) is 4.41. The fourth-order valence-electron chi connectivity index (χ4n) is 5.01. The van der Waals surface area contributed by atoms with Crippen LogP contribution in [0.15, 0.2) is 67.4 Å². The molecule has 1 aliphatic carbocycles. The van der Waals surface area contributed by atoms with E-state index in [9.17, 15) is 4.79 Å². The molecule has 37 heavy (non-hydrogen) atoms. The molecular formula is C28H26ClN5O2S. The minimum absolute atomic E-state index is 0.0913. The molecule has 4 N–H and O–H groups in total. The molecule has 2 aromatic heterocycles. The summed E-state index contributed by atoms with van der Waals surface area (Å²) in [6.45, 7) is 4.29. The van der Waals surface area contributed by atoms with Crippen LogP contribution in [0.4, 0.5) is 21.9 Å². The Balaban J connectivity index is 1.33. The number of nitrogens with zero attached hydrogens (tertiary/aromatic N) is 2. The number of hydrogen-bond acceptors (Lipinski definition) is 6. The fourth-order valence-corrected chi connectivity index (χ4v) is 6.27. The summed E-state index contributed by atoms with van der Waals surface area (Å²) in [5.74, 6) is 1.19. The van der Waals surface area contributed by atoms with Gasteiger partial charge in [-0.2, -0.15) is 0 Å². The van der Waals surface area contributed by atoms with Crippen LogP contribution in [0.2, 0.25) is 5.02 Å². The minimum Gasteiger partial charge on any atom is -0.456 e. The van der Waals surface area contributed by atoms with Crippen LogP contribution in [0.25, 0.3) is 15.9 Å². The SMILES string of the molecule is C=C(NC1CCCCC1N)c1sc2nccc3c2c1NC(=O)N3c1ccc(Oc2ccccc2)c(Cl)c1. The van der Waals surface area contributed by atoms with E-state index >= 15 is 0 Å². The van der Waals surface area contributed by atoms with Gasteiger partial charge in [0.2, 0.25) is 0 Å². The highest BCUT2D eigenvalue weighted by atomic mass is 35.5. The van der Waals surface area contributed by atoms with Crippen LogP contribution in [0.3, 0.4) is 0 Å². The minimum atomic E-state index is -0.283. The van der Waals surface area contributed by atoms with Gasteiger partial charge in [-0.1, -0.05) is 49.2 Å². The van der Waals surface area contributed by atoms with E-state index < -0.39 is 0 Å². The number of nitrogens with two attached hydrogens (primary N) is 1. The molecule has 2 amide bonds. The number of halogens is 1. The Hall–Kier alpha value is -3.59. The number of urea groups is 1. The highest BCUT2D eigenvalue weighted by Crippen LogP contribution is 2.48. The highest BCUT2D eigenvalue weighted by molar-refractivity contribution is 7.20. The van der Waals surface area contributed by atoms with Crippen molar-refractivity contribution in [3.05, 3.63) is 77.3 Å². The van der Waals surface area contributed by atoms with Crippen LogP contribution >= 0.6 is 22.9 Å². The first kappa shape index (κ1) is 23.8. The molecule has 9 heteroatoms. The van der Waals surface area contributed by atoms with Gasteiger partial charge < -0.3 is 21.1 Å². The van der Waals surface area contributed by atoms with Gasteiger partial charge in [-0.05, 0) is 49.2 Å². The van der Waals surface area contributed by atoms with E-state index in [1.807, 2.05) is 42.5 Å². The normalized spacial score (nSPS) is 19.0. The average Bonchev–Trinajstić information content (AvgIpc) is 3.27. The van der Waals surface area contributed by atoms with Gasteiger partial charge in [0.15, 0.2) is 0 Å². The second-order valence-corrected chi connectivity index (χ2v) is 10.7. The van der Waals surface area contributed by atoms with E-state index in [0.717, 1.165) is 57.8 Å². The number of nitrogens with one attached hydrogen (secondary N) is 2. The molecule has 188 valence electrons. The zero-order chi connectivity index (χ0) is 25.5. The number of ether oxygens (including phenoxy) is 1. The average molecular weight is 532 g/mol. The van der Waals surface area contributed by atoms with E-state index in [2.05, 4.69) is 22.2 Å². The van der Waals surface area contributed by atoms with Gasteiger partial charge in [0.25, 0.3) is 0 Å². The lowest BCUT2D eigenvalue weighted by Gasteiger charge is -2.31. The van der Waals surface area contributed by atoms with Crippen molar-refractivity contribution in [2.24, 2.45) is 5.73 Å². The summed E-state index contributed by atoms with van der Waals surface area (Å²) in [6, 6.07) is 16.6. The van der Waals surface area contributed by atoms with Crippen molar-refractivity contribution in [1.29, 1.82) is 0 Å². The van der Waals surface area contributed by atoms with Crippen molar-refractivity contribution in [3.63, 3.8) is 0 Å². The van der Waals surface area contributed by atoms with Gasteiger partial charge in [-0.15, -0.1) is 11.3 Å². The Bertz CT molecular complexity index is 1510. The monoisotopic (exact) mass is 531 g/mol. The molecule has 2 aliphatic rings. The maximum absolute atomic E-state index is 13.5. The van der Waals surface area contributed by atoms with Crippen molar-refractivity contribution in [2.75, 3.05) is 10.2 Å². The van der Waals surface area contributed by atoms with Crippen LogP contribution in [-0.4, -0.2) is 23.1 Å². The van der Waals surface area contributed by atoms with Crippen LogP contribution in [0.1, 0.15) is 30.6 Å². The predicted octanol–water partition coefficient (Wildman–Crippen LogP) is 7.26. The molecule has 4 aromatic rings. The molecule has 1 fully saturated rings. The van der Waals surface area contributed by atoms with Crippen LogP contribution in [-0.2, 0) is 0 Å². The first-order chi connectivity index (χ1) is 18.0. The lowest BCUT2D eigenvalue weighted by atomic mass is 9.91. The van der Waals surface area contributed by atoms with E-state index in [4.69, 9.17) is 22.1 Å². The second kappa shape index (κ2) is 9.70. The Kier molecular flexibility index (Phi) is 6.24.